The molecule has 1 saturated carbocycles. The average Bonchev–Trinajstić information content (AvgIpc) is 2.40. The third kappa shape index (κ3) is 5.55. The molecule has 1 N–H and O–H groups in total. The number of allylic oxidation sites excluding steroid dienone is 2. The molecule has 1 unspecified atom stereocenters. The van der Waals surface area contributed by atoms with E-state index in [1.165, 1.54) is 13.5 Å². The molecule has 1 aliphatic carbocycles. The van der Waals surface area contributed by atoms with Crippen LogP contribution in [-0.2, 0) is 9.53 Å². The molecule has 1 rings (SSSR count). The normalized spacial score (nSPS) is 27.7. The molecule has 0 heterocycles. The number of thioether (sulfide) groups is 1. The topological polar surface area (TPSA) is 49.8 Å². The molecule has 0 aliphatic heterocycles. The summed E-state index contributed by atoms with van der Waals surface area (Å²) in [6.45, 7) is 2.06. The van der Waals surface area contributed by atoms with Crippen LogP contribution in [0.1, 0.15) is 32.6 Å². The van der Waals surface area contributed by atoms with E-state index in [1.54, 1.807) is 18.9 Å². The number of carbonyl (C=O) groups is 1. The highest BCUT2D eigenvalue weighted by atomic mass is 32.2. The molecule has 1 amide bonds. The molecule has 4 nitrogen and oxygen atoms in total. The molecule has 1 aliphatic rings. The second kappa shape index (κ2) is 8.61. The molecule has 0 aromatic heterocycles. The lowest BCUT2D eigenvalue weighted by molar-refractivity contribution is -0.158. The number of hydroxylamine groups is 2. The van der Waals surface area contributed by atoms with Crippen molar-refractivity contribution in [2.24, 2.45) is 5.92 Å². The Morgan fingerprint density at radius 1 is 1.53 bits per heavy atom. The van der Waals surface area contributed by atoms with Gasteiger partial charge in [-0.15, -0.1) is 0 Å². The fourth-order valence-electron chi connectivity index (χ4n) is 2.48. The Bertz CT molecular complexity index is 307. The van der Waals surface area contributed by atoms with Gasteiger partial charge in [0.25, 0.3) is 0 Å². The SMILES string of the molecule is C/C=C\[C@@H]1CCC(SCCC(=O)N(C)O)[C@H](OC)C1. The van der Waals surface area contributed by atoms with Gasteiger partial charge < -0.3 is 4.74 Å². The first-order valence-corrected chi connectivity index (χ1v) is 7.86. The van der Waals surface area contributed by atoms with E-state index >= 15 is 0 Å². The van der Waals surface area contributed by atoms with Crippen molar-refractivity contribution in [2.75, 3.05) is 19.9 Å². The molecular weight excluding hydrogens is 262 g/mol. The van der Waals surface area contributed by atoms with Crippen molar-refractivity contribution in [3.63, 3.8) is 0 Å². The summed E-state index contributed by atoms with van der Waals surface area (Å²) in [7, 11) is 3.14. The zero-order valence-corrected chi connectivity index (χ0v) is 12.9. The predicted octanol–water partition coefficient (Wildman–Crippen LogP) is 2.72. The summed E-state index contributed by atoms with van der Waals surface area (Å²) >= 11 is 1.79. The summed E-state index contributed by atoms with van der Waals surface area (Å²) < 4.78 is 5.59. The van der Waals surface area contributed by atoms with Crippen LogP contribution in [0, 0.1) is 5.92 Å². The third-order valence-electron chi connectivity index (χ3n) is 3.55. The molecule has 1 fully saturated rings. The lowest BCUT2D eigenvalue weighted by Gasteiger charge is -2.33. The Balaban J connectivity index is 2.35. The van der Waals surface area contributed by atoms with Crippen LogP contribution in [-0.4, -0.2) is 47.4 Å². The second-order valence-corrected chi connectivity index (χ2v) is 6.30. The third-order valence-corrected chi connectivity index (χ3v) is 4.96. The van der Waals surface area contributed by atoms with E-state index in [9.17, 15) is 4.79 Å². The van der Waals surface area contributed by atoms with Crippen LogP contribution < -0.4 is 0 Å². The summed E-state index contributed by atoms with van der Waals surface area (Å²) in [6.07, 6.45) is 8.39. The number of amides is 1. The number of rotatable bonds is 6. The number of ether oxygens (including phenoxy) is 1. The van der Waals surface area contributed by atoms with E-state index < -0.39 is 0 Å². The van der Waals surface area contributed by atoms with Gasteiger partial charge in [-0.3, -0.25) is 10.0 Å². The van der Waals surface area contributed by atoms with Crippen LogP contribution in [0.15, 0.2) is 12.2 Å². The van der Waals surface area contributed by atoms with Gasteiger partial charge in [0.05, 0.1) is 6.10 Å². The second-order valence-electron chi connectivity index (χ2n) is 4.95. The summed E-state index contributed by atoms with van der Waals surface area (Å²) in [5.41, 5.74) is 0. The number of hydrogen-bond acceptors (Lipinski definition) is 4. The van der Waals surface area contributed by atoms with Gasteiger partial charge in [-0.05, 0) is 32.1 Å². The highest BCUT2D eigenvalue weighted by Crippen LogP contribution is 2.34. The Morgan fingerprint density at radius 3 is 2.84 bits per heavy atom. The van der Waals surface area contributed by atoms with E-state index in [0.29, 0.717) is 22.7 Å². The molecular formula is C14H25NO3S. The summed E-state index contributed by atoms with van der Waals surface area (Å²) in [5, 5.41) is 10.1. The minimum Gasteiger partial charge on any atom is -0.380 e. The van der Waals surface area contributed by atoms with Crippen molar-refractivity contribution in [1.29, 1.82) is 0 Å². The minimum atomic E-state index is -0.232. The van der Waals surface area contributed by atoms with Crippen LogP contribution in [0.4, 0.5) is 0 Å². The van der Waals surface area contributed by atoms with Crippen molar-refractivity contribution in [1.82, 2.24) is 5.06 Å². The van der Waals surface area contributed by atoms with Crippen molar-refractivity contribution < 1.29 is 14.7 Å². The van der Waals surface area contributed by atoms with Crippen molar-refractivity contribution in [3.05, 3.63) is 12.2 Å². The fraction of sp³-hybridized carbons (Fsp3) is 0.786. The smallest absolute Gasteiger partial charge is 0.246 e. The molecule has 0 saturated heterocycles. The van der Waals surface area contributed by atoms with Crippen LogP contribution in [0.2, 0.25) is 0 Å². The Morgan fingerprint density at radius 2 is 2.26 bits per heavy atom. The minimum absolute atomic E-state index is 0.232. The van der Waals surface area contributed by atoms with Gasteiger partial charge in [-0.1, -0.05) is 12.2 Å². The van der Waals surface area contributed by atoms with Crippen molar-refractivity contribution in [3.8, 4) is 0 Å². The molecule has 110 valence electrons. The Hall–Kier alpha value is -0.520. The zero-order chi connectivity index (χ0) is 14.3. The first-order valence-electron chi connectivity index (χ1n) is 6.81. The van der Waals surface area contributed by atoms with Crippen LogP contribution >= 0.6 is 11.8 Å². The fourth-order valence-corrected chi connectivity index (χ4v) is 3.81. The van der Waals surface area contributed by atoms with Gasteiger partial charge in [0.1, 0.15) is 0 Å². The standard InChI is InChI=1S/C14H25NO3S/c1-4-5-11-6-7-13(12(10-11)18-3)19-9-8-14(16)15(2)17/h4-5,11-13,17H,6-10H2,1-3H3/b5-4-/t11-,12-,13?/m1/s1. The lowest BCUT2D eigenvalue weighted by atomic mass is 9.86. The summed E-state index contributed by atoms with van der Waals surface area (Å²) in [4.78, 5) is 11.3. The van der Waals surface area contributed by atoms with E-state index in [2.05, 4.69) is 19.1 Å². The number of hydrogen-bond donors (Lipinski definition) is 1. The van der Waals surface area contributed by atoms with Crippen molar-refractivity contribution >= 4 is 17.7 Å². The first-order chi connectivity index (χ1) is 9.08. The quantitative estimate of drug-likeness (QED) is 0.463. The van der Waals surface area contributed by atoms with E-state index in [1.807, 2.05) is 0 Å². The average molecular weight is 287 g/mol. The van der Waals surface area contributed by atoms with Gasteiger partial charge in [0.2, 0.25) is 5.91 Å². The molecule has 0 radical (unpaired) electrons. The number of methoxy groups -OCH3 is 1. The molecule has 0 aromatic rings. The zero-order valence-electron chi connectivity index (χ0n) is 12.0. The van der Waals surface area contributed by atoms with E-state index in [4.69, 9.17) is 9.94 Å². The van der Waals surface area contributed by atoms with Gasteiger partial charge in [-0.25, -0.2) is 5.06 Å². The Labute approximate surface area is 120 Å². The largest absolute Gasteiger partial charge is 0.380 e. The highest BCUT2D eigenvalue weighted by molar-refractivity contribution is 7.99. The number of carbonyl (C=O) groups excluding carboxylic acids is 1. The highest BCUT2D eigenvalue weighted by Gasteiger charge is 2.29. The van der Waals surface area contributed by atoms with E-state index in [0.717, 1.165) is 18.6 Å². The van der Waals surface area contributed by atoms with Crippen molar-refractivity contribution in [2.45, 2.75) is 44.0 Å². The van der Waals surface area contributed by atoms with Crippen LogP contribution in [0.25, 0.3) is 0 Å². The Kier molecular flexibility index (Phi) is 7.49. The molecule has 0 aromatic carbocycles. The first kappa shape index (κ1) is 16.5. The summed E-state index contributed by atoms with van der Waals surface area (Å²) in [5.74, 6) is 1.13. The molecule has 0 bridgehead atoms. The molecule has 19 heavy (non-hydrogen) atoms. The number of nitrogens with zero attached hydrogens (tertiary/aromatic N) is 1. The molecule has 5 heteroatoms. The maximum Gasteiger partial charge on any atom is 0.246 e. The van der Waals surface area contributed by atoms with Crippen LogP contribution in [0.5, 0.6) is 0 Å². The molecule has 0 spiro atoms. The maximum atomic E-state index is 11.3. The summed E-state index contributed by atoms with van der Waals surface area (Å²) in [6, 6.07) is 0. The van der Waals surface area contributed by atoms with Crippen LogP contribution in [0.3, 0.4) is 0 Å². The van der Waals surface area contributed by atoms with E-state index in [-0.39, 0.29) is 12.0 Å². The maximum absolute atomic E-state index is 11.3. The van der Waals surface area contributed by atoms with Gasteiger partial charge in [-0.2, -0.15) is 11.8 Å². The predicted molar refractivity (Wildman–Crippen MR) is 78.4 cm³/mol. The van der Waals surface area contributed by atoms with Gasteiger partial charge >= 0.3 is 0 Å². The lowest BCUT2D eigenvalue weighted by Crippen LogP contribution is -2.33. The monoisotopic (exact) mass is 287 g/mol. The van der Waals surface area contributed by atoms with Gasteiger partial charge in [0.15, 0.2) is 0 Å². The molecule has 3 atom stereocenters. The van der Waals surface area contributed by atoms with Gasteiger partial charge in [0, 0.05) is 31.6 Å².